The van der Waals surface area contributed by atoms with Gasteiger partial charge in [-0.05, 0) is 38.0 Å². The van der Waals surface area contributed by atoms with E-state index < -0.39 is 5.97 Å². The lowest BCUT2D eigenvalue weighted by molar-refractivity contribution is -0.148. The molecule has 1 aliphatic rings. The minimum Gasteiger partial charge on any atom is -0.462 e. The van der Waals surface area contributed by atoms with Crippen LogP contribution in [0.4, 0.5) is 0 Å². The summed E-state index contributed by atoms with van der Waals surface area (Å²) < 4.78 is 18.6. The zero-order chi connectivity index (χ0) is 18.4. The largest absolute Gasteiger partial charge is 0.462 e. The van der Waals surface area contributed by atoms with Crippen molar-refractivity contribution in [3.05, 3.63) is 34.2 Å². The lowest BCUT2D eigenvalue weighted by atomic mass is 10.1. The lowest BCUT2D eigenvalue weighted by Crippen LogP contribution is -2.27. The molecule has 0 amide bonds. The Hall–Kier alpha value is -3.03. The first-order valence-electron chi connectivity index (χ1n) is 8.52. The van der Waals surface area contributed by atoms with Gasteiger partial charge in [-0.1, -0.05) is 6.92 Å². The third-order valence-electron chi connectivity index (χ3n) is 4.25. The topological polar surface area (TPSA) is 84.1 Å². The van der Waals surface area contributed by atoms with E-state index in [4.69, 9.17) is 14.2 Å². The van der Waals surface area contributed by atoms with Crippen molar-refractivity contribution in [3.8, 4) is 11.5 Å². The van der Waals surface area contributed by atoms with Gasteiger partial charge in [-0.15, -0.1) is 5.10 Å². The standard InChI is InChI=1S/C18H19N3O5/c1-4-11-5-12-6-14-15(25-9-24-14)7-13(12)21-17(11)19-20(18(21)23)8-16(22)26-10(2)3/h5-7,10H,4,8-9H2,1-3H3. The molecular weight excluding hydrogens is 338 g/mol. The number of rotatable bonds is 4. The molecule has 0 unspecified atom stereocenters. The van der Waals surface area contributed by atoms with E-state index in [1.807, 2.05) is 19.1 Å². The number of nitrogens with zero attached hydrogens (tertiary/aromatic N) is 3. The molecule has 1 aliphatic heterocycles. The van der Waals surface area contributed by atoms with Gasteiger partial charge in [0.25, 0.3) is 0 Å². The van der Waals surface area contributed by atoms with Crippen LogP contribution in [0.15, 0.2) is 23.0 Å². The van der Waals surface area contributed by atoms with E-state index in [9.17, 15) is 9.59 Å². The van der Waals surface area contributed by atoms with Crippen LogP contribution in [0.3, 0.4) is 0 Å². The SMILES string of the molecule is CCc1cc2cc3c(cc2n2c(=O)n(CC(=O)OC(C)C)nc12)OCO3. The Bertz CT molecular complexity index is 1080. The summed E-state index contributed by atoms with van der Waals surface area (Å²) in [5.41, 5.74) is 1.71. The van der Waals surface area contributed by atoms with Gasteiger partial charge in [0.15, 0.2) is 17.1 Å². The fourth-order valence-electron chi connectivity index (χ4n) is 3.13. The molecule has 0 N–H and O–H groups in total. The predicted molar refractivity (Wildman–Crippen MR) is 93.7 cm³/mol. The van der Waals surface area contributed by atoms with Gasteiger partial charge in [0, 0.05) is 11.5 Å². The maximum atomic E-state index is 12.9. The average molecular weight is 357 g/mol. The van der Waals surface area contributed by atoms with E-state index >= 15 is 0 Å². The number of hydrogen-bond acceptors (Lipinski definition) is 6. The highest BCUT2D eigenvalue weighted by atomic mass is 16.7. The van der Waals surface area contributed by atoms with E-state index in [-0.39, 0.29) is 25.1 Å². The maximum Gasteiger partial charge on any atom is 0.351 e. The normalized spacial score (nSPS) is 13.1. The molecule has 1 aromatic carbocycles. The fourth-order valence-corrected chi connectivity index (χ4v) is 3.13. The number of fused-ring (bicyclic) bond motifs is 4. The Morgan fingerprint density at radius 1 is 1.27 bits per heavy atom. The second kappa shape index (κ2) is 6.05. The number of esters is 1. The summed E-state index contributed by atoms with van der Waals surface area (Å²) in [6, 6.07) is 5.60. The Labute approximate surface area is 148 Å². The second-order valence-corrected chi connectivity index (χ2v) is 6.43. The van der Waals surface area contributed by atoms with Crippen molar-refractivity contribution >= 4 is 22.5 Å². The van der Waals surface area contributed by atoms with Gasteiger partial charge >= 0.3 is 11.7 Å². The minimum atomic E-state index is -0.495. The Morgan fingerprint density at radius 2 is 2.00 bits per heavy atom. The van der Waals surface area contributed by atoms with E-state index in [1.54, 1.807) is 19.9 Å². The molecule has 2 aromatic heterocycles. The first kappa shape index (κ1) is 16.4. The van der Waals surface area contributed by atoms with Crippen molar-refractivity contribution in [2.24, 2.45) is 0 Å². The summed E-state index contributed by atoms with van der Waals surface area (Å²) in [5.74, 6) is 0.743. The predicted octanol–water partition coefficient (Wildman–Crippen LogP) is 1.89. The molecule has 4 rings (SSSR count). The molecule has 0 radical (unpaired) electrons. The van der Waals surface area contributed by atoms with E-state index in [0.717, 1.165) is 15.6 Å². The average Bonchev–Trinajstić information content (AvgIpc) is 3.16. The highest BCUT2D eigenvalue weighted by molar-refractivity contribution is 5.87. The van der Waals surface area contributed by atoms with Crippen molar-refractivity contribution in [1.82, 2.24) is 14.2 Å². The summed E-state index contributed by atoms with van der Waals surface area (Å²) in [6.45, 7) is 5.44. The van der Waals surface area contributed by atoms with Gasteiger partial charge in [0.2, 0.25) is 6.79 Å². The first-order chi connectivity index (χ1) is 12.5. The van der Waals surface area contributed by atoms with Crippen LogP contribution >= 0.6 is 0 Å². The number of carbonyl (C=O) groups is 1. The van der Waals surface area contributed by atoms with Crippen LogP contribution in [0, 0.1) is 0 Å². The Kier molecular flexibility index (Phi) is 3.82. The van der Waals surface area contributed by atoms with Gasteiger partial charge in [-0.3, -0.25) is 4.79 Å². The van der Waals surface area contributed by atoms with E-state index in [2.05, 4.69) is 5.10 Å². The van der Waals surface area contributed by atoms with E-state index in [0.29, 0.717) is 29.1 Å². The van der Waals surface area contributed by atoms with Crippen molar-refractivity contribution < 1.29 is 19.0 Å². The summed E-state index contributed by atoms with van der Waals surface area (Å²) in [5, 5.41) is 5.22. The number of pyridine rings is 1. The molecule has 26 heavy (non-hydrogen) atoms. The summed E-state index contributed by atoms with van der Waals surface area (Å²) >= 11 is 0. The van der Waals surface area contributed by atoms with Gasteiger partial charge in [-0.25, -0.2) is 13.9 Å². The fraction of sp³-hybridized carbons (Fsp3) is 0.389. The summed E-state index contributed by atoms with van der Waals surface area (Å²) in [4.78, 5) is 24.9. The molecule has 0 bridgehead atoms. The molecule has 0 aliphatic carbocycles. The molecule has 8 heteroatoms. The van der Waals surface area contributed by atoms with Crippen molar-refractivity contribution in [2.75, 3.05) is 6.79 Å². The number of benzene rings is 1. The molecule has 8 nitrogen and oxygen atoms in total. The number of carbonyl (C=O) groups excluding carboxylic acids is 1. The van der Waals surface area contributed by atoms with Crippen LogP contribution in [0.2, 0.25) is 0 Å². The smallest absolute Gasteiger partial charge is 0.351 e. The number of hydrogen-bond donors (Lipinski definition) is 0. The highest BCUT2D eigenvalue weighted by Crippen LogP contribution is 2.36. The molecular formula is C18H19N3O5. The second-order valence-electron chi connectivity index (χ2n) is 6.43. The maximum absolute atomic E-state index is 12.9. The first-order valence-corrected chi connectivity index (χ1v) is 8.52. The van der Waals surface area contributed by atoms with Crippen LogP contribution in [0.5, 0.6) is 11.5 Å². The van der Waals surface area contributed by atoms with Gasteiger partial charge in [-0.2, -0.15) is 0 Å². The molecule has 0 spiro atoms. The molecule has 0 saturated carbocycles. The van der Waals surface area contributed by atoms with Crippen molar-refractivity contribution in [3.63, 3.8) is 0 Å². The summed E-state index contributed by atoms with van der Waals surface area (Å²) in [7, 11) is 0. The lowest BCUT2D eigenvalue weighted by Gasteiger charge is -2.06. The van der Waals surface area contributed by atoms with Crippen molar-refractivity contribution in [2.45, 2.75) is 39.8 Å². The van der Waals surface area contributed by atoms with Crippen LogP contribution in [-0.4, -0.2) is 33.0 Å². The van der Waals surface area contributed by atoms with Crippen LogP contribution in [0.25, 0.3) is 16.6 Å². The molecule has 0 fully saturated rings. The summed E-state index contributed by atoms with van der Waals surface area (Å²) in [6.07, 6.45) is 0.447. The molecule has 3 heterocycles. The zero-order valence-electron chi connectivity index (χ0n) is 14.8. The minimum absolute atomic E-state index is 0.157. The third-order valence-corrected chi connectivity index (χ3v) is 4.25. The van der Waals surface area contributed by atoms with E-state index in [1.165, 1.54) is 4.40 Å². The number of ether oxygens (including phenoxy) is 3. The third kappa shape index (κ3) is 2.58. The highest BCUT2D eigenvalue weighted by Gasteiger charge is 2.20. The Morgan fingerprint density at radius 3 is 2.69 bits per heavy atom. The molecule has 0 saturated heterocycles. The molecule has 136 valence electrons. The van der Waals surface area contributed by atoms with Crippen LogP contribution in [-0.2, 0) is 22.5 Å². The van der Waals surface area contributed by atoms with Gasteiger partial charge in [0.05, 0.1) is 11.6 Å². The quantitative estimate of drug-likeness (QED) is 0.663. The monoisotopic (exact) mass is 357 g/mol. The number of aryl methyl sites for hydroxylation is 1. The molecule has 3 aromatic rings. The molecule has 0 atom stereocenters. The van der Waals surface area contributed by atoms with Gasteiger partial charge in [0.1, 0.15) is 6.54 Å². The number of aromatic nitrogens is 3. The Balaban J connectivity index is 1.92. The zero-order valence-corrected chi connectivity index (χ0v) is 14.8. The van der Waals surface area contributed by atoms with Crippen LogP contribution < -0.4 is 15.2 Å². The van der Waals surface area contributed by atoms with Gasteiger partial charge < -0.3 is 14.2 Å². The van der Waals surface area contributed by atoms with Crippen molar-refractivity contribution in [1.29, 1.82) is 0 Å². The van der Waals surface area contributed by atoms with Crippen LogP contribution in [0.1, 0.15) is 26.3 Å².